The largest absolute Gasteiger partial charge is 0.359 e. The predicted molar refractivity (Wildman–Crippen MR) is 48.0 cm³/mol. The zero-order valence-electron chi connectivity index (χ0n) is 7.80. The molecule has 1 aliphatic carbocycles. The van der Waals surface area contributed by atoms with Gasteiger partial charge in [-0.05, 0) is 31.4 Å². The van der Waals surface area contributed by atoms with E-state index in [9.17, 15) is 4.79 Å². The van der Waals surface area contributed by atoms with Gasteiger partial charge in [-0.1, -0.05) is 13.3 Å². The van der Waals surface area contributed by atoms with Crippen LogP contribution in [0.5, 0.6) is 0 Å². The molecule has 0 aromatic heterocycles. The Hall–Kier alpha value is -0.630. The number of aldehydes is 1. The molecule has 2 nitrogen and oxygen atoms in total. The van der Waals surface area contributed by atoms with Crippen LogP contribution in [0.2, 0.25) is 0 Å². The summed E-state index contributed by atoms with van der Waals surface area (Å²) in [5.74, 6) is 0. The van der Waals surface area contributed by atoms with Crippen molar-refractivity contribution in [2.75, 3.05) is 6.61 Å². The summed E-state index contributed by atoms with van der Waals surface area (Å²) < 4.78 is 5.34. The maximum absolute atomic E-state index is 10.7. The molecule has 2 heteroatoms. The molecule has 0 saturated carbocycles. The van der Waals surface area contributed by atoms with E-state index < -0.39 is 5.60 Å². The minimum Gasteiger partial charge on any atom is -0.359 e. The van der Waals surface area contributed by atoms with Gasteiger partial charge in [-0.25, -0.2) is 0 Å². The summed E-state index contributed by atoms with van der Waals surface area (Å²) in [5, 5.41) is 0. The van der Waals surface area contributed by atoms with Crippen LogP contribution in [0.15, 0.2) is 11.6 Å². The van der Waals surface area contributed by atoms with E-state index in [2.05, 4.69) is 6.92 Å². The van der Waals surface area contributed by atoms with Gasteiger partial charge in [-0.2, -0.15) is 0 Å². The number of rotatable bonds is 6. The van der Waals surface area contributed by atoms with Crippen LogP contribution in [-0.4, -0.2) is 18.5 Å². The van der Waals surface area contributed by atoms with Gasteiger partial charge in [0.05, 0.1) is 0 Å². The minimum absolute atomic E-state index is 0.579. The Labute approximate surface area is 73.6 Å². The highest BCUT2D eigenvalue weighted by Crippen LogP contribution is 2.39. The third kappa shape index (κ3) is 1.75. The lowest BCUT2D eigenvalue weighted by Crippen LogP contribution is -2.20. The molecule has 1 atom stereocenters. The van der Waals surface area contributed by atoms with Crippen molar-refractivity contribution in [2.45, 2.75) is 38.7 Å². The number of carbonyl (C=O) groups excluding carboxylic acids is 1. The van der Waals surface area contributed by atoms with Gasteiger partial charge in [0.15, 0.2) is 11.9 Å². The number of ether oxygens (including phenoxy) is 1. The second kappa shape index (κ2) is 3.85. The van der Waals surface area contributed by atoms with Crippen LogP contribution in [0, 0.1) is 0 Å². The first-order valence-corrected chi connectivity index (χ1v) is 4.61. The van der Waals surface area contributed by atoms with Crippen molar-refractivity contribution in [3.63, 3.8) is 0 Å². The highest BCUT2D eigenvalue weighted by atomic mass is 16.5. The molecule has 0 N–H and O–H groups in total. The van der Waals surface area contributed by atoms with Crippen molar-refractivity contribution in [1.82, 2.24) is 0 Å². The Morgan fingerprint density at radius 1 is 1.58 bits per heavy atom. The standard InChI is InChI=1S/C10H16O2/c1-3-5-6-9-7-10(9,8-11)12-4-2/h7-8H,3-6H2,1-2H3. The molecular weight excluding hydrogens is 152 g/mol. The molecule has 0 spiro atoms. The monoisotopic (exact) mass is 168 g/mol. The van der Waals surface area contributed by atoms with Crippen molar-refractivity contribution in [3.05, 3.63) is 11.6 Å². The van der Waals surface area contributed by atoms with Crippen LogP contribution >= 0.6 is 0 Å². The lowest BCUT2D eigenvalue weighted by Gasteiger charge is -2.10. The second-order valence-corrected chi connectivity index (χ2v) is 3.12. The number of carbonyl (C=O) groups is 1. The van der Waals surface area contributed by atoms with E-state index in [1.165, 1.54) is 12.0 Å². The van der Waals surface area contributed by atoms with Crippen LogP contribution in [0.1, 0.15) is 33.1 Å². The van der Waals surface area contributed by atoms with Crippen LogP contribution in [0.4, 0.5) is 0 Å². The zero-order valence-corrected chi connectivity index (χ0v) is 7.80. The van der Waals surface area contributed by atoms with Gasteiger partial charge < -0.3 is 4.74 Å². The first kappa shape index (κ1) is 9.46. The summed E-state index contributed by atoms with van der Waals surface area (Å²) in [7, 11) is 0. The SMILES string of the molecule is CCCCC1=CC1(C=O)OCC. The molecule has 0 radical (unpaired) electrons. The quantitative estimate of drug-likeness (QED) is 0.448. The van der Waals surface area contributed by atoms with Gasteiger partial charge in [0.1, 0.15) is 0 Å². The van der Waals surface area contributed by atoms with E-state index in [1.54, 1.807) is 0 Å². The van der Waals surface area contributed by atoms with Crippen LogP contribution < -0.4 is 0 Å². The van der Waals surface area contributed by atoms with Gasteiger partial charge >= 0.3 is 0 Å². The molecule has 0 saturated heterocycles. The first-order chi connectivity index (χ1) is 5.79. The fourth-order valence-corrected chi connectivity index (χ4v) is 1.37. The number of hydrogen-bond acceptors (Lipinski definition) is 2. The number of hydrogen-bond donors (Lipinski definition) is 0. The number of unbranched alkanes of at least 4 members (excludes halogenated alkanes) is 1. The molecule has 1 aliphatic rings. The van der Waals surface area contributed by atoms with Crippen molar-refractivity contribution in [1.29, 1.82) is 0 Å². The fourth-order valence-electron chi connectivity index (χ4n) is 1.37. The normalized spacial score (nSPS) is 26.7. The van der Waals surface area contributed by atoms with E-state index in [4.69, 9.17) is 4.74 Å². The lowest BCUT2D eigenvalue weighted by molar-refractivity contribution is -0.118. The summed E-state index contributed by atoms with van der Waals surface area (Å²) in [6.45, 7) is 4.66. The third-order valence-electron chi connectivity index (χ3n) is 2.17. The topological polar surface area (TPSA) is 26.3 Å². The van der Waals surface area contributed by atoms with Gasteiger partial charge in [0.2, 0.25) is 0 Å². The molecular formula is C10H16O2. The van der Waals surface area contributed by atoms with Crippen LogP contribution in [0.3, 0.4) is 0 Å². The van der Waals surface area contributed by atoms with E-state index in [1.807, 2.05) is 13.0 Å². The van der Waals surface area contributed by atoms with Crippen molar-refractivity contribution >= 4 is 6.29 Å². The highest BCUT2D eigenvalue weighted by Gasteiger charge is 2.44. The molecule has 0 bridgehead atoms. The molecule has 0 aromatic rings. The first-order valence-electron chi connectivity index (χ1n) is 4.61. The summed E-state index contributed by atoms with van der Waals surface area (Å²) >= 11 is 0. The maximum atomic E-state index is 10.7. The van der Waals surface area contributed by atoms with E-state index >= 15 is 0 Å². The average Bonchev–Trinajstić information content (AvgIpc) is 2.77. The Morgan fingerprint density at radius 2 is 2.33 bits per heavy atom. The van der Waals surface area contributed by atoms with E-state index in [0.717, 1.165) is 19.1 Å². The molecule has 0 aliphatic heterocycles. The van der Waals surface area contributed by atoms with E-state index in [0.29, 0.717) is 6.61 Å². The third-order valence-corrected chi connectivity index (χ3v) is 2.17. The van der Waals surface area contributed by atoms with Crippen LogP contribution in [0.25, 0.3) is 0 Å². The highest BCUT2D eigenvalue weighted by molar-refractivity contribution is 5.80. The average molecular weight is 168 g/mol. The smallest absolute Gasteiger partial charge is 0.163 e. The Bertz CT molecular complexity index is 196. The van der Waals surface area contributed by atoms with Crippen molar-refractivity contribution in [3.8, 4) is 0 Å². The lowest BCUT2D eigenvalue weighted by atomic mass is 10.1. The maximum Gasteiger partial charge on any atom is 0.163 e. The second-order valence-electron chi connectivity index (χ2n) is 3.12. The summed E-state index contributed by atoms with van der Waals surface area (Å²) in [4.78, 5) is 10.7. The van der Waals surface area contributed by atoms with Crippen LogP contribution in [-0.2, 0) is 9.53 Å². The molecule has 0 heterocycles. The van der Waals surface area contributed by atoms with Gasteiger partial charge in [-0.3, -0.25) is 4.79 Å². The summed E-state index contributed by atoms with van der Waals surface area (Å²) in [6, 6.07) is 0. The van der Waals surface area contributed by atoms with Crippen molar-refractivity contribution in [2.24, 2.45) is 0 Å². The van der Waals surface area contributed by atoms with Crippen molar-refractivity contribution < 1.29 is 9.53 Å². The minimum atomic E-state index is -0.579. The Morgan fingerprint density at radius 3 is 2.83 bits per heavy atom. The van der Waals surface area contributed by atoms with Gasteiger partial charge in [0, 0.05) is 6.61 Å². The molecule has 0 aromatic carbocycles. The summed E-state index contributed by atoms with van der Waals surface area (Å²) in [5.41, 5.74) is 0.588. The predicted octanol–water partition coefficient (Wildman–Crippen LogP) is 2.09. The fraction of sp³-hybridized carbons (Fsp3) is 0.700. The molecule has 68 valence electrons. The molecule has 12 heavy (non-hydrogen) atoms. The Kier molecular flexibility index (Phi) is 3.04. The molecule has 0 amide bonds. The van der Waals surface area contributed by atoms with Gasteiger partial charge in [0.25, 0.3) is 0 Å². The molecule has 1 unspecified atom stereocenters. The van der Waals surface area contributed by atoms with Gasteiger partial charge in [-0.15, -0.1) is 0 Å². The zero-order chi connectivity index (χ0) is 9.03. The Balaban J connectivity index is 2.32. The van der Waals surface area contributed by atoms with E-state index in [-0.39, 0.29) is 0 Å². The molecule has 0 fully saturated rings. The summed E-state index contributed by atoms with van der Waals surface area (Å²) in [6.07, 6.45) is 6.16. The molecule has 1 rings (SSSR count).